The molecule has 0 aliphatic rings. The molecule has 0 fully saturated rings. The van der Waals surface area contributed by atoms with Gasteiger partial charge in [0, 0.05) is 22.3 Å². The van der Waals surface area contributed by atoms with E-state index in [0.717, 1.165) is 10.0 Å². The van der Waals surface area contributed by atoms with Gasteiger partial charge in [-0.3, -0.25) is 10.1 Å². The molecular weight excluding hydrogens is 324 g/mol. The highest BCUT2D eigenvalue weighted by atomic mass is 79.9. The highest BCUT2D eigenvalue weighted by Gasteiger charge is 2.14. The van der Waals surface area contributed by atoms with Gasteiger partial charge in [-0.2, -0.15) is 0 Å². The molecule has 0 unspecified atom stereocenters. The van der Waals surface area contributed by atoms with E-state index in [-0.39, 0.29) is 5.69 Å². The summed E-state index contributed by atoms with van der Waals surface area (Å²) in [5, 5.41) is 14.1. The van der Waals surface area contributed by atoms with E-state index in [1.54, 1.807) is 19.2 Å². The summed E-state index contributed by atoms with van der Waals surface area (Å²) in [4.78, 5) is 10.7. The monoisotopic (exact) mass is 336 g/mol. The lowest BCUT2D eigenvalue weighted by Gasteiger charge is -2.10. The first-order chi connectivity index (χ1) is 9.49. The van der Waals surface area contributed by atoms with Gasteiger partial charge in [-0.25, -0.2) is 0 Å². The molecule has 5 nitrogen and oxygen atoms in total. The smallest absolute Gasteiger partial charge is 0.292 e. The third kappa shape index (κ3) is 3.27. The quantitative estimate of drug-likeness (QED) is 0.663. The van der Waals surface area contributed by atoms with Crippen LogP contribution in [-0.2, 0) is 0 Å². The Hall–Kier alpha value is -2.08. The third-order valence-electron chi connectivity index (χ3n) is 2.74. The minimum absolute atomic E-state index is 0.0453. The fourth-order valence-electron chi connectivity index (χ4n) is 1.81. The Balaban J connectivity index is 2.39. The number of benzene rings is 2. The molecule has 6 heteroatoms. The number of ether oxygens (including phenoxy) is 1. The molecule has 0 spiro atoms. The maximum atomic E-state index is 11.1. The van der Waals surface area contributed by atoms with E-state index < -0.39 is 4.92 Å². The van der Waals surface area contributed by atoms with Crippen LogP contribution in [-0.4, -0.2) is 12.0 Å². The maximum Gasteiger partial charge on any atom is 0.292 e. The lowest BCUT2D eigenvalue weighted by atomic mass is 10.2. The molecule has 0 heterocycles. The highest BCUT2D eigenvalue weighted by Crippen LogP contribution is 2.31. The fraction of sp³-hybridized carbons (Fsp3) is 0.143. The zero-order chi connectivity index (χ0) is 14.7. The Morgan fingerprint density at radius 2 is 2.00 bits per heavy atom. The average molecular weight is 337 g/mol. The van der Waals surface area contributed by atoms with Gasteiger partial charge in [0.15, 0.2) is 0 Å². The van der Waals surface area contributed by atoms with E-state index >= 15 is 0 Å². The predicted octanol–water partition coefficient (Wildman–Crippen LogP) is 4.42. The Morgan fingerprint density at radius 1 is 1.25 bits per heavy atom. The molecular formula is C14H13BrN2O3. The molecule has 0 aliphatic heterocycles. The summed E-state index contributed by atoms with van der Waals surface area (Å²) >= 11 is 3.37. The summed E-state index contributed by atoms with van der Waals surface area (Å²) in [6, 6.07) is 10.5. The molecule has 0 aromatic heterocycles. The number of anilines is 2. The first-order valence-corrected chi connectivity index (χ1v) is 6.65. The van der Waals surface area contributed by atoms with Crippen molar-refractivity contribution in [2.24, 2.45) is 0 Å². The Morgan fingerprint density at radius 3 is 2.65 bits per heavy atom. The molecule has 20 heavy (non-hydrogen) atoms. The number of hydrogen-bond donors (Lipinski definition) is 1. The molecule has 104 valence electrons. The van der Waals surface area contributed by atoms with Gasteiger partial charge in [-0.1, -0.05) is 22.0 Å². The zero-order valence-electron chi connectivity index (χ0n) is 11.0. The zero-order valence-corrected chi connectivity index (χ0v) is 12.6. The minimum atomic E-state index is -0.398. The van der Waals surface area contributed by atoms with E-state index in [2.05, 4.69) is 21.2 Å². The van der Waals surface area contributed by atoms with Crippen molar-refractivity contribution < 1.29 is 9.66 Å². The van der Waals surface area contributed by atoms with Gasteiger partial charge in [-0.05, 0) is 30.7 Å². The molecule has 0 radical (unpaired) electrons. The largest absolute Gasteiger partial charge is 0.497 e. The Bertz CT molecular complexity index is 659. The van der Waals surface area contributed by atoms with Gasteiger partial charge in [0.1, 0.15) is 11.4 Å². The van der Waals surface area contributed by atoms with E-state index in [1.165, 1.54) is 6.07 Å². The number of aryl methyl sites for hydroxylation is 1. The van der Waals surface area contributed by atoms with Crippen molar-refractivity contribution in [3.8, 4) is 5.75 Å². The molecule has 2 aromatic carbocycles. The average Bonchev–Trinajstić information content (AvgIpc) is 2.40. The summed E-state index contributed by atoms with van der Waals surface area (Å²) in [7, 11) is 1.57. The number of rotatable bonds is 4. The van der Waals surface area contributed by atoms with Crippen molar-refractivity contribution in [3.63, 3.8) is 0 Å². The topological polar surface area (TPSA) is 64.4 Å². The Labute approximate surface area is 124 Å². The predicted molar refractivity (Wildman–Crippen MR) is 81.8 cm³/mol. The summed E-state index contributed by atoms with van der Waals surface area (Å²) in [6.45, 7) is 1.82. The highest BCUT2D eigenvalue weighted by molar-refractivity contribution is 9.10. The number of hydrogen-bond acceptors (Lipinski definition) is 4. The van der Waals surface area contributed by atoms with Gasteiger partial charge in [-0.15, -0.1) is 0 Å². The molecule has 0 aliphatic carbocycles. The van der Waals surface area contributed by atoms with Crippen LogP contribution < -0.4 is 10.1 Å². The van der Waals surface area contributed by atoms with Gasteiger partial charge in [0.25, 0.3) is 5.69 Å². The molecule has 0 atom stereocenters. The second-order valence-corrected chi connectivity index (χ2v) is 5.20. The second-order valence-electron chi connectivity index (χ2n) is 4.28. The third-order valence-corrected chi connectivity index (χ3v) is 3.19. The number of methoxy groups -OCH3 is 1. The van der Waals surface area contributed by atoms with E-state index in [0.29, 0.717) is 17.1 Å². The molecule has 0 amide bonds. The Kier molecular flexibility index (Phi) is 4.24. The molecule has 2 rings (SSSR count). The van der Waals surface area contributed by atoms with Gasteiger partial charge < -0.3 is 10.1 Å². The number of nitrogens with one attached hydrogen (secondary N) is 1. The van der Waals surface area contributed by atoms with Crippen LogP contribution in [0.1, 0.15) is 5.56 Å². The first kappa shape index (κ1) is 14.3. The van der Waals surface area contributed by atoms with Crippen molar-refractivity contribution in [2.45, 2.75) is 6.92 Å². The molecule has 0 saturated carbocycles. The number of nitro groups is 1. The van der Waals surface area contributed by atoms with Crippen LogP contribution in [0.25, 0.3) is 0 Å². The van der Waals surface area contributed by atoms with Crippen molar-refractivity contribution >= 4 is 33.0 Å². The van der Waals surface area contributed by atoms with Crippen LogP contribution in [0, 0.1) is 17.0 Å². The van der Waals surface area contributed by atoms with E-state index in [9.17, 15) is 10.1 Å². The number of halogens is 1. The van der Waals surface area contributed by atoms with Crippen LogP contribution in [0.5, 0.6) is 5.75 Å². The fourth-order valence-corrected chi connectivity index (χ4v) is 2.28. The standard InChI is InChI=1S/C14H13BrN2O3/c1-9-3-4-13(14(5-9)17(18)19)16-11-6-10(15)7-12(8-11)20-2/h3-8,16H,1-2H3. The lowest BCUT2D eigenvalue weighted by Crippen LogP contribution is -1.98. The summed E-state index contributed by atoms with van der Waals surface area (Å²) in [5.74, 6) is 0.664. The number of nitrogens with zero attached hydrogens (tertiary/aromatic N) is 1. The molecule has 2 aromatic rings. The van der Waals surface area contributed by atoms with Crippen LogP contribution in [0.4, 0.5) is 17.1 Å². The van der Waals surface area contributed by atoms with Crippen LogP contribution in [0.2, 0.25) is 0 Å². The number of nitro benzene ring substituents is 1. The van der Waals surface area contributed by atoms with Crippen LogP contribution in [0.3, 0.4) is 0 Å². The van der Waals surface area contributed by atoms with Gasteiger partial charge >= 0.3 is 0 Å². The first-order valence-electron chi connectivity index (χ1n) is 5.86. The van der Waals surface area contributed by atoms with Crippen molar-refractivity contribution in [2.75, 3.05) is 12.4 Å². The molecule has 1 N–H and O–H groups in total. The van der Waals surface area contributed by atoms with Crippen molar-refractivity contribution in [1.82, 2.24) is 0 Å². The lowest BCUT2D eigenvalue weighted by molar-refractivity contribution is -0.384. The molecule has 0 bridgehead atoms. The summed E-state index contributed by atoms with van der Waals surface area (Å²) in [5.41, 5.74) is 2.04. The van der Waals surface area contributed by atoms with Crippen LogP contribution >= 0.6 is 15.9 Å². The van der Waals surface area contributed by atoms with Crippen molar-refractivity contribution in [3.05, 3.63) is 56.5 Å². The summed E-state index contributed by atoms with van der Waals surface area (Å²) in [6.07, 6.45) is 0. The van der Waals surface area contributed by atoms with Crippen molar-refractivity contribution in [1.29, 1.82) is 0 Å². The summed E-state index contributed by atoms with van der Waals surface area (Å²) < 4.78 is 5.99. The SMILES string of the molecule is COc1cc(Br)cc(Nc2ccc(C)cc2[N+](=O)[O-])c1. The van der Waals surface area contributed by atoms with E-state index in [1.807, 2.05) is 25.1 Å². The molecule has 0 saturated heterocycles. The van der Waals surface area contributed by atoms with Crippen LogP contribution in [0.15, 0.2) is 40.9 Å². The van der Waals surface area contributed by atoms with E-state index in [4.69, 9.17) is 4.74 Å². The second kappa shape index (κ2) is 5.92. The van der Waals surface area contributed by atoms with Gasteiger partial charge in [0.05, 0.1) is 12.0 Å². The minimum Gasteiger partial charge on any atom is -0.497 e. The normalized spacial score (nSPS) is 10.2. The van der Waals surface area contributed by atoms with Gasteiger partial charge in [0.2, 0.25) is 0 Å². The maximum absolute atomic E-state index is 11.1.